The molecule has 0 radical (unpaired) electrons. The number of halogens is 4. The Kier molecular flexibility index (Phi) is 4.80. The zero-order valence-electron chi connectivity index (χ0n) is 16.4. The predicted octanol–water partition coefficient (Wildman–Crippen LogP) is 4.13. The molecule has 10 heteroatoms. The average Bonchev–Trinajstić information content (AvgIpc) is 3.50. The molecule has 0 unspecified atom stereocenters. The molecule has 31 heavy (non-hydrogen) atoms. The molecule has 1 fully saturated rings. The number of nitrogens with one attached hydrogen (secondary N) is 1. The van der Waals surface area contributed by atoms with Crippen molar-refractivity contribution in [1.82, 2.24) is 19.7 Å². The number of hydrogen-bond acceptors (Lipinski definition) is 4. The third-order valence-electron chi connectivity index (χ3n) is 5.84. The maximum absolute atomic E-state index is 13.5. The first kappa shape index (κ1) is 20.1. The molecular weight excluding hydrogens is 431 g/mol. The summed E-state index contributed by atoms with van der Waals surface area (Å²) in [6.07, 6.45) is -0.503. The van der Waals surface area contributed by atoms with Crippen LogP contribution in [0.5, 0.6) is 0 Å². The zero-order valence-corrected chi connectivity index (χ0v) is 17.2. The second-order valence-electron chi connectivity index (χ2n) is 7.95. The SMILES string of the molecule is O=c1[nH]ncc(Cl)c1N1CCc2c(nc(C3CC3)n2Cc2ccccc2C(F)(F)F)C1. The molecule has 1 aliphatic heterocycles. The average molecular weight is 450 g/mol. The fraction of sp³-hybridized carbons (Fsp3) is 0.381. The molecule has 6 nitrogen and oxygen atoms in total. The van der Waals surface area contributed by atoms with Gasteiger partial charge in [0.05, 0.1) is 29.0 Å². The van der Waals surface area contributed by atoms with Gasteiger partial charge in [-0.15, -0.1) is 0 Å². The molecular formula is C21H19ClF3N5O. The molecule has 2 aliphatic rings. The highest BCUT2D eigenvalue weighted by molar-refractivity contribution is 6.33. The van der Waals surface area contributed by atoms with E-state index in [1.165, 1.54) is 18.3 Å². The molecule has 1 N–H and O–H groups in total. The second kappa shape index (κ2) is 7.40. The van der Waals surface area contributed by atoms with Crippen molar-refractivity contribution in [1.29, 1.82) is 0 Å². The molecule has 0 saturated heterocycles. The number of aromatic amines is 1. The molecule has 1 saturated carbocycles. The lowest BCUT2D eigenvalue weighted by Gasteiger charge is -2.28. The molecule has 5 rings (SSSR count). The number of anilines is 1. The lowest BCUT2D eigenvalue weighted by atomic mass is 10.1. The van der Waals surface area contributed by atoms with Crippen molar-refractivity contribution >= 4 is 17.3 Å². The van der Waals surface area contributed by atoms with Crippen LogP contribution in [0, 0.1) is 0 Å². The van der Waals surface area contributed by atoms with Crippen LogP contribution in [-0.2, 0) is 25.7 Å². The van der Waals surface area contributed by atoms with Gasteiger partial charge in [-0.2, -0.15) is 18.3 Å². The van der Waals surface area contributed by atoms with Crippen LogP contribution in [0.3, 0.4) is 0 Å². The number of imidazole rings is 1. The van der Waals surface area contributed by atoms with Gasteiger partial charge in [0.2, 0.25) is 0 Å². The minimum Gasteiger partial charge on any atom is -0.359 e. The summed E-state index contributed by atoms with van der Waals surface area (Å²) in [6, 6.07) is 5.68. The minimum absolute atomic E-state index is 0.125. The van der Waals surface area contributed by atoms with Gasteiger partial charge in [-0.05, 0) is 24.5 Å². The van der Waals surface area contributed by atoms with Crippen molar-refractivity contribution in [2.75, 3.05) is 11.4 Å². The van der Waals surface area contributed by atoms with Crippen LogP contribution >= 0.6 is 11.6 Å². The van der Waals surface area contributed by atoms with E-state index < -0.39 is 11.7 Å². The van der Waals surface area contributed by atoms with Crippen molar-refractivity contribution < 1.29 is 13.2 Å². The Morgan fingerprint density at radius 2 is 2.00 bits per heavy atom. The third kappa shape index (κ3) is 3.71. The number of hydrogen-bond donors (Lipinski definition) is 1. The summed E-state index contributed by atoms with van der Waals surface area (Å²) in [5, 5.41) is 6.35. The molecule has 0 bridgehead atoms. The Morgan fingerprint density at radius 3 is 2.71 bits per heavy atom. The zero-order chi connectivity index (χ0) is 21.8. The maximum atomic E-state index is 13.5. The van der Waals surface area contributed by atoms with Crippen LogP contribution in [0.25, 0.3) is 0 Å². The number of nitrogens with zero attached hydrogens (tertiary/aromatic N) is 4. The topological polar surface area (TPSA) is 66.8 Å². The molecule has 1 aromatic carbocycles. The Hall–Kier alpha value is -2.81. The van der Waals surface area contributed by atoms with Gasteiger partial charge in [-0.3, -0.25) is 4.79 Å². The summed E-state index contributed by atoms with van der Waals surface area (Å²) in [5.74, 6) is 1.10. The van der Waals surface area contributed by atoms with Gasteiger partial charge in [0.1, 0.15) is 11.5 Å². The van der Waals surface area contributed by atoms with Crippen molar-refractivity contribution in [3.05, 3.63) is 74.2 Å². The van der Waals surface area contributed by atoms with Gasteiger partial charge in [0.25, 0.3) is 5.56 Å². The first-order valence-corrected chi connectivity index (χ1v) is 10.4. The Balaban J connectivity index is 1.52. The fourth-order valence-corrected chi connectivity index (χ4v) is 4.51. The first-order chi connectivity index (χ1) is 14.8. The summed E-state index contributed by atoms with van der Waals surface area (Å²) in [4.78, 5) is 18.9. The van der Waals surface area contributed by atoms with E-state index in [2.05, 4.69) is 10.2 Å². The number of H-pyrrole nitrogens is 1. The van der Waals surface area contributed by atoms with E-state index in [9.17, 15) is 18.0 Å². The van der Waals surface area contributed by atoms with Crippen molar-refractivity contribution in [3.63, 3.8) is 0 Å². The minimum atomic E-state index is -4.41. The van der Waals surface area contributed by atoms with Crippen LogP contribution in [-0.4, -0.2) is 26.3 Å². The van der Waals surface area contributed by atoms with Crippen LogP contribution in [0.4, 0.5) is 18.9 Å². The van der Waals surface area contributed by atoms with E-state index in [0.29, 0.717) is 25.2 Å². The van der Waals surface area contributed by atoms with Gasteiger partial charge in [-0.1, -0.05) is 29.8 Å². The third-order valence-corrected chi connectivity index (χ3v) is 6.12. The van der Waals surface area contributed by atoms with Gasteiger partial charge in [0, 0.05) is 31.1 Å². The number of benzene rings is 1. The standard InChI is InChI=1S/C21H19ClF3N5O/c22-15-9-26-28-20(31)18(15)29-8-7-17-16(11-29)27-19(12-5-6-12)30(17)10-13-3-1-2-4-14(13)21(23,24)25/h1-4,9,12H,5-8,10-11H2,(H,28,31). The Bertz CT molecular complexity index is 1200. The van der Waals surface area contributed by atoms with Crippen molar-refractivity contribution in [3.8, 4) is 0 Å². The Morgan fingerprint density at radius 1 is 1.23 bits per heavy atom. The van der Waals surface area contributed by atoms with E-state index in [-0.39, 0.29) is 28.6 Å². The molecule has 0 spiro atoms. The predicted molar refractivity (Wildman–Crippen MR) is 109 cm³/mol. The lowest BCUT2D eigenvalue weighted by molar-refractivity contribution is -0.138. The number of fused-ring (bicyclic) bond motifs is 1. The van der Waals surface area contributed by atoms with E-state index >= 15 is 0 Å². The molecule has 3 aromatic rings. The summed E-state index contributed by atoms with van der Waals surface area (Å²) < 4.78 is 42.5. The highest BCUT2D eigenvalue weighted by Gasteiger charge is 2.36. The first-order valence-electron chi connectivity index (χ1n) is 10.0. The largest absolute Gasteiger partial charge is 0.416 e. The highest BCUT2D eigenvalue weighted by atomic mass is 35.5. The monoisotopic (exact) mass is 449 g/mol. The summed E-state index contributed by atoms with van der Waals surface area (Å²) in [6.45, 7) is 1.01. The quantitative estimate of drug-likeness (QED) is 0.650. The summed E-state index contributed by atoms with van der Waals surface area (Å²) >= 11 is 6.20. The van der Waals surface area contributed by atoms with Gasteiger partial charge >= 0.3 is 6.18 Å². The van der Waals surface area contributed by atoms with Crippen LogP contribution in [0.15, 0.2) is 35.3 Å². The van der Waals surface area contributed by atoms with E-state index in [1.807, 2.05) is 9.47 Å². The van der Waals surface area contributed by atoms with E-state index in [4.69, 9.17) is 16.6 Å². The number of rotatable bonds is 4. The molecule has 2 aromatic heterocycles. The van der Waals surface area contributed by atoms with Crippen LogP contribution in [0.1, 0.15) is 47.1 Å². The van der Waals surface area contributed by atoms with Crippen molar-refractivity contribution in [2.45, 2.75) is 44.4 Å². The molecule has 1 aliphatic carbocycles. The maximum Gasteiger partial charge on any atom is 0.416 e. The number of alkyl halides is 3. The smallest absolute Gasteiger partial charge is 0.359 e. The highest BCUT2D eigenvalue weighted by Crippen LogP contribution is 2.42. The summed E-state index contributed by atoms with van der Waals surface area (Å²) in [5.41, 5.74) is 1.28. The lowest BCUT2D eigenvalue weighted by Crippen LogP contribution is -2.35. The summed E-state index contributed by atoms with van der Waals surface area (Å²) in [7, 11) is 0. The van der Waals surface area contributed by atoms with Crippen molar-refractivity contribution in [2.24, 2.45) is 0 Å². The van der Waals surface area contributed by atoms with Crippen LogP contribution in [0.2, 0.25) is 5.02 Å². The van der Waals surface area contributed by atoms with Gasteiger partial charge in [0.15, 0.2) is 0 Å². The van der Waals surface area contributed by atoms with Gasteiger partial charge < -0.3 is 9.47 Å². The van der Waals surface area contributed by atoms with E-state index in [0.717, 1.165) is 36.1 Å². The second-order valence-corrected chi connectivity index (χ2v) is 8.35. The van der Waals surface area contributed by atoms with Gasteiger partial charge in [-0.25, -0.2) is 10.1 Å². The molecule has 0 atom stereocenters. The molecule has 162 valence electrons. The Labute approximate surface area is 180 Å². The van der Waals surface area contributed by atoms with E-state index in [1.54, 1.807) is 6.07 Å². The molecule has 0 amide bonds. The molecule has 3 heterocycles. The fourth-order valence-electron chi connectivity index (χ4n) is 4.25. The number of aromatic nitrogens is 4. The van der Waals surface area contributed by atoms with Crippen LogP contribution < -0.4 is 10.5 Å². The normalized spacial score (nSPS) is 16.5.